The second kappa shape index (κ2) is 19.8. The molecule has 9 N–H and O–H groups in total. The van der Waals surface area contributed by atoms with Crippen molar-refractivity contribution in [3.63, 3.8) is 0 Å². The van der Waals surface area contributed by atoms with E-state index in [9.17, 15) is 4.79 Å². The number of nitrogen functional groups attached to an aromatic ring is 4. The first-order valence-electron chi connectivity index (χ1n) is 18.0. The van der Waals surface area contributed by atoms with Gasteiger partial charge in [0.05, 0.1) is 66.5 Å². The van der Waals surface area contributed by atoms with Gasteiger partial charge in [-0.3, -0.25) is 35.2 Å². The Bertz CT molecular complexity index is 2780. The highest BCUT2D eigenvalue weighted by Gasteiger charge is 2.11. The number of methoxy groups -OCH3 is 1. The maximum absolute atomic E-state index is 11.1. The van der Waals surface area contributed by atoms with Gasteiger partial charge in [0.2, 0.25) is 34.9 Å². The van der Waals surface area contributed by atoms with Gasteiger partial charge in [-0.15, -0.1) is 61.2 Å². The van der Waals surface area contributed by atoms with Crippen molar-refractivity contribution in [1.82, 2.24) is 91.1 Å². The van der Waals surface area contributed by atoms with Crippen LogP contribution in [0, 0.1) is 0 Å². The average molecular weight is 842 g/mol. The van der Waals surface area contributed by atoms with Crippen molar-refractivity contribution in [2.75, 3.05) is 35.4 Å². The van der Waals surface area contributed by atoms with Gasteiger partial charge in [-0.25, -0.2) is 4.79 Å². The number of carbonyl (C=O) groups excluding carboxylic acids is 1. The fraction of sp³-hybridized carbons (Fsp3) is 0.0263. The summed E-state index contributed by atoms with van der Waals surface area (Å²) < 4.78 is 4.50. The first-order chi connectivity index (χ1) is 30.7. The minimum Gasteiger partial charge on any atom is -0.453 e. The number of rotatable bonds is 7. The fourth-order valence-corrected chi connectivity index (χ4v) is 4.72. The SMILES string of the molecule is COC(=O)Nc1ccc(-c2nnc(-c3ccc(N)cn3)nn2)nc1.Nc1ccc(-c2nnc(-c3ccc(N)cn3)nn2)nc1.Nc1ccc(-c2nnc(-c3ccccn3)nn2)nc1. The molecular weight excluding hydrogens is 811 g/mol. The van der Waals surface area contributed by atoms with Crippen LogP contribution in [-0.4, -0.2) is 104 Å². The van der Waals surface area contributed by atoms with E-state index in [1.165, 1.54) is 38.1 Å². The molecule has 25 heteroatoms. The molecule has 0 atom stereocenters. The Balaban J connectivity index is 0.000000143. The van der Waals surface area contributed by atoms with Crippen LogP contribution < -0.4 is 28.3 Å². The lowest BCUT2D eigenvalue weighted by Gasteiger charge is -2.04. The monoisotopic (exact) mass is 841 g/mol. The lowest BCUT2D eigenvalue weighted by molar-refractivity contribution is 0.187. The molecule has 0 aliphatic carbocycles. The van der Waals surface area contributed by atoms with Crippen LogP contribution in [0.15, 0.2) is 116 Å². The normalized spacial score (nSPS) is 10.3. The van der Waals surface area contributed by atoms with Gasteiger partial charge < -0.3 is 27.7 Å². The van der Waals surface area contributed by atoms with E-state index in [0.717, 1.165) is 0 Å². The van der Waals surface area contributed by atoms with E-state index in [0.29, 0.717) is 85.9 Å². The van der Waals surface area contributed by atoms with Crippen LogP contribution in [0.3, 0.4) is 0 Å². The van der Waals surface area contributed by atoms with E-state index in [1.807, 2.05) is 12.1 Å². The molecule has 9 aromatic rings. The Kier molecular flexibility index (Phi) is 13.0. The van der Waals surface area contributed by atoms with Gasteiger partial charge in [-0.2, -0.15) is 0 Å². The summed E-state index contributed by atoms with van der Waals surface area (Å²) in [5.74, 6) is 1.90. The molecule has 0 aromatic carbocycles. The first kappa shape index (κ1) is 41.4. The van der Waals surface area contributed by atoms with E-state index in [2.05, 4.69) is 101 Å². The van der Waals surface area contributed by atoms with Crippen LogP contribution in [0.5, 0.6) is 0 Å². The highest BCUT2D eigenvalue weighted by Crippen LogP contribution is 2.18. The van der Waals surface area contributed by atoms with Gasteiger partial charge in [0.25, 0.3) is 0 Å². The predicted molar refractivity (Wildman–Crippen MR) is 226 cm³/mol. The highest BCUT2D eigenvalue weighted by atomic mass is 16.5. The van der Waals surface area contributed by atoms with E-state index >= 15 is 0 Å². The van der Waals surface area contributed by atoms with Gasteiger partial charge >= 0.3 is 6.09 Å². The Labute approximate surface area is 355 Å². The molecule has 0 fully saturated rings. The van der Waals surface area contributed by atoms with Crippen LogP contribution in [0.4, 0.5) is 33.2 Å². The van der Waals surface area contributed by atoms with Gasteiger partial charge in [0, 0.05) is 6.20 Å². The molecule has 0 bridgehead atoms. The lowest BCUT2D eigenvalue weighted by atomic mass is 10.3. The second-order valence-corrected chi connectivity index (χ2v) is 12.3. The molecule has 0 unspecified atom stereocenters. The smallest absolute Gasteiger partial charge is 0.411 e. The quantitative estimate of drug-likeness (QED) is 0.154. The Morgan fingerprint density at radius 1 is 0.397 bits per heavy atom. The molecule has 1 amide bonds. The van der Waals surface area contributed by atoms with Gasteiger partial charge in [0.1, 0.15) is 34.2 Å². The van der Waals surface area contributed by atoms with Crippen LogP contribution in [-0.2, 0) is 4.74 Å². The summed E-state index contributed by atoms with van der Waals surface area (Å²) in [6.07, 6.45) is 8.61. The average Bonchev–Trinajstić information content (AvgIpc) is 3.34. The molecule has 0 aliphatic rings. The zero-order chi connectivity index (χ0) is 44.0. The predicted octanol–water partition coefficient (Wildman–Crippen LogP) is 2.68. The van der Waals surface area contributed by atoms with Crippen LogP contribution >= 0.6 is 0 Å². The summed E-state index contributed by atoms with van der Waals surface area (Å²) in [6, 6.07) is 22.4. The number of ether oxygens (including phenoxy) is 1. The largest absolute Gasteiger partial charge is 0.453 e. The third-order valence-electron chi connectivity index (χ3n) is 7.82. The second-order valence-electron chi connectivity index (χ2n) is 12.3. The fourth-order valence-electron chi connectivity index (χ4n) is 4.72. The maximum Gasteiger partial charge on any atom is 0.411 e. The van der Waals surface area contributed by atoms with Crippen molar-refractivity contribution in [3.05, 3.63) is 116 Å². The minimum atomic E-state index is -0.579. The number of nitrogens with two attached hydrogens (primary N) is 4. The first-order valence-corrected chi connectivity index (χ1v) is 18.0. The van der Waals surface area contributed by atoms with Gasteiger partial charge in [-0.05, 0) is 72.8 Å². The Hall–Kier alpha value is -9.81. The Morgan fingerprint density at radius 2 is 0.698 bits per heavy atom. The number of nitrogens with zero attached hydrogens (tertiary/aromatic N) is 18. The van der Waals surface area contributed by atoms with Crippen LogP contribution in [0.1, 0.15) is 0 Å². The maximum atomic E-state index is 11.1. The highest BCUT2D eigenvalue weighted by molar-refractivity contribution is 5.84. The molecule has 9 heterocycles. The third kappa shape index (κ3) is 11.2. The van der Waals surface area contributed by atoms with Crippen LogP contribution in [0.2, 0.25) is 0 Å². The number of hydrogen-bond acceptors (Lipinski definition) is 24. The number of pyridine rings is 6. The van der Waals surface area contributed by atoms with Crippen molar-refractivity contribution in [1.29, 1.82) is 0 Å². The molecule has 63 heavy (non-hydrogen) atoms. The van der Waals surface area contributed by atoms with E-state index in [-0.39, 0.29) is 11.6 Å². The van der Waals surface area contributed by atoms with Crippen molar-refractivity contribution in [2.45, 2.75) is 0 Å². The van der Waals surface area contributed by atoms with E-state index in [1.54, 1.807) is 72.9 Å². The topological polar surface area (TPSA) is 374 Å². The summed E-state index contributed by atoms with van der Waals surface area (Å²) in [5.41, 5.74) is 28.3. The number of anilines is 5. The summed E-state index contributed by atoms with van der Waals surface area (Å²) in [5, 5.41) is 50.3. The zero-order valence-corrected chi connectivity index (χ0v) is 32.6. The summed E-state index contributed by atoms with van der Waals surface area (Å²) in [6.45, 7) is 0. The molecule has 9 rings (SSSR count). The molecule has 0 saturated carbocycles. The Morgan fingerprint density at radius 3 is 0.937 bits per heavy atom. The molecule has 0 saturated heterocycles. The molecule has 0 radical (unpaired) electrons. The van der Waals surface area contributed by atoms with Crippen LogP contribution in [0.25, 0.3) is 69.1 Å². The molecular formula is C38H31N23O2. The lowest BCUT2D eigenvalue weighted by Crippen LogP contribution is -2.11. The number of nitrogens with one attached hydrogen (secondary N) is 1. The molecule has 9 aromatic heterocycles. The number of amides is 1. The molecule has 25 nitrogen and oxygen atoms in total. The molecule has 310 valence electrons. The zero-order valence-electron chi connectivity index (χ0n) is 32.6. The van der Waals surface area contributed by atoms with Gasteiger partial charge in [-0.1, -0.05) is 6.07 Å². The van der Waals surface area contributed by atoms with Crippen molar-refractivity contribution < 1.29 is 9.53 Å². The van der Waals surface area contributed by atoms with Crippen molar-refractivity contribution in [3.8, 4) is 69.1 Å². The minimum absolute atomic E-state index is 0.249. The van der Waals surface area contributed by atoms with Gasteiger partial charge in [0.15, 0.2) is 0 Å². The summed E-state index contributed by atoms with van der Waals surface area (Å²) in [4.78, 5) is 35.8. The molecule has 0 aliphatic heterocycles. The summed E-state index contributed by atoms with van der Waals surface area (Å²) >= 11 is 0. The standard InChI is InChI=1S/C14H12N8O2.C12H10N8.C12H9N7/c1-24-14(23)18-9-3-5-11(17-7-9)13-21-19-12(20-22-13)10-4-2-8(15)6-16-10;13-7-1-3-9(15-5-7)11-17-19-12(20-18-11)10-4-2-8(14)6-16-10;13-8-4-5-10(15-7-8)12-18-16-11(17-19-12)9-3-1-2-6-14-9/h2-7H,15H2,1H3,(H,18,23);1-6H,13-14H2;1-7H,13H2. The molecule has 0 spiro atoms. The van der Waals surface area contributed by atoms with Crippen molar-refractivity contribution in [2.24, 2.45) is 0 Å². The third-order valence-corrected chi connectivity index (χ3v) is 7.82. The number of carbonyl (C=O) groups is 1. The summed E-state index contributed by atoms with van der Waals surface area (Å²) in [7, 11) is 1.28. The van der Waals surface area contributed by atoms with Crippen molar-refractivity contribution >= 4 is 34.5 Å². The van der Waals surface area contributed by atoms with E-state index in [4.69, 9.17) is 22.9 Å². The number of aromatic nitrogens is 18. The number of hydrogen-bond donors (Lipinski definition) is 5. The van der Waals surface area contributed by atoms with E-state index < -0.39 is 6.09 Å².